The number of benzene rings is 1. The van der Waals surface area contributed by atoms with E-state index in [1.807, 2.05) is 11.8 Å². The van der Waals surface area contributed by atoms with Crippen LogP contribution in [0.15, 0.2) is 29.2 Å². The number of rotatable bonds is 4. The molecule has 2 aliphatic heterocycles. The average Bonchev–Trinajstić information content (AvgIpc) is 2.70. The molecule has 0 amide bonds. The highest BCUT2D eigenvalue weighted by Gasteiger charge is 2.40. The quantitative estimate of drug-likeness (QED) is 0.847. The third-order valence-corrected chi connectivity index (χ3v) is 5.37. The molecule has 2 nitrogen and oxygen atoms in total. The van der Waals surface area contributed by atoms with E-state index < -0.39 is 0 Å². The Kier molecular flexibility index (Phi) is 4.04. The molecule has 2 heterocycles. The topological polar surface area (TPSA) is 15.3 Å². The van der Waals surface area contributed by atoms with Crippen LogP contribution in [0, 0.1) is 0 Å². The van der Waals surface area contributed by atoms with Crippen molar-refractivity contribution >= 4 is 17.4 Å². The molecule has 1 N–H and O–H groups in total. The summed E-state index contributed by atoms with van der Waals surface area (Å²) in [7, 11) is 0. The Bertz CT molecular complexity index is 421. The van der Waals surface area contributed by atoms with Gasteiger partial charge in [-0.15, -0.1) is 11.8 Å². The minimum Gasteiger partial charge on any atom is -0.365 e. The number of piperidine rings is 1. The van der Waals surface area contributed by atoms with Gasteiger partial charge in [0.25, 0.3) is 0 Å². The molecule has 2 saturated heterocycles. The Labute approximate surface area is 121 Å². The zero-order valence-corrected chi connectivity index (χ0v) is 12.7. The summed E-state index contributed by atoms with van der Waals surface area (Å²) in [6, 6.07) is 11.1. The summed E-state index contributed by atoms with van der Waals surface area (Å²) >= 11 is 1.87. The van der Waals surface area contributed by atoms with Crippen LogP contribution in [0.25, 0.3) is 0 Å². The predicted octanol–water partition coefficient (Wildman–Crippen LogP) is 3.52. The highest BCUT2D eigenvalue weighted by atomic mass is 32.2. The lowest BCUT2D eigenvalue weighted by atomic mass is 9.96. The van der Waals surface area contributed by atoms with Crippen LogP contribution < -0.4 is 10.2 Å². The highest BCUT2D eigenvalue weighted by molar-refractivity contribution is 7.98. The first-order valence-electron chi connectivity index (χ1n) is 7.48. The molecule has 3 heteroatoms. The zero-order valence-electron chi connectivity index (χ0n) is 11.9. The lowest BCUT2D eigenvalue weighted by molar-refractivity contribution is 0.360. The maximum Gasteiger partial charge on any atom is 0.0509 e. The van der Waals surface area contributed by atoms with Crippen molar-refractivity contribution in [3.8, 4) is 0 Å². The number of thioether (sulfide) groups is 1. The van der Waals surface area contributed by atoms with Gasteiger partial charge < -0.3 is 10.2 Å². The molecule has 19 heavy (non-hydrogen) atoms. The van der Waals surface area contributed by atoms with Crippen molar-refractivity contribution in [2.24, 2.45) is 0 Å². The normalized spacial score (nSPS) is 29.8. The van der Waals surface area contributed by atoms with Crippen molar-refractivity contribution in [1.82, 2.24) is 5.32 Å². The molecule has 2 fully saturated rings. The monoisotopic (exact) mass is 276 g/mol. The van der Waals surface area contributed by atoms with Gasteiger partial charge in [0.05, 0.1) is 5.69 Å². The van der Waals surface area contributed by atoms with E-state index in [1.54, 1.807) is 0 Å². The fourth-order valence-electron chi connectivity index (χ4n) is 3.87. The fourth-order valence-corrected chi connectivity index (χ4v) is 4.47. The van der Waals surface area contributed by atoms with E-state index in [0.29, 0.717) is 0 Å². The van der Waals surface area contributed by atoms with Gasteiger partial charge in [-0.2, -0.15) is 0 Å². The van der Waals surface area contributed by atoms with Gasteiger partial charge in [-0.1, -0.05) is 19.1 Å². The second kappa shape index (κ2) is 5.76. The van der Waals surface area contributed by atoms with Gasteiger partial charge in [0.2, 0.25) is 0 Å². The summed E-state index contributed by atoms with van der Waals surface area (Å²) in [6.45, 7) is 3.32. The Morgan fingerprint density at radius 2 is 1.89 bits per heavy atom. The van der Waals surface area contributed by atoms with Crippen LogP contribution in [-0.2, 0) is 0 Å². The second-order valence-electron chi connectivity index (χ2n) is 5.69. The van der Waals surface area contributed by atoms with E-state index >= 15 is 0 Å². The maximum atomic E-state index is 3.65. The van der Waals surface area contributed by atoms with Gasteiger partial charge in [0.1, 0.15) is 0 Å². The van der Waals surface area contributed by atoms with Crippen molar-refractivity contribution < 1.29 is 0 Å². The van der Waals surface area contributed by atoms with Crippen LogP contribution in [0.2, 0.25) is 0 Å². The molecule has 0 radical (unpaired) electrons. The summed E-state index contributed by atoms with van der Waals surface area (Å²) in [5, 5.41) is 3.65. The minimum atomic E-state index is 0.736. The number of hydrogen-bond acceptors (Lipinski definition) is 3. The molecule has 2 bridgehead atoms. The van der Waals surface area contributed by atoms with Crippen molar-refractivity contribution in [3.63, 3.8) is 0 Å². The molecule has 1 aromatic rings. The summed E-state index contributed by atoms with van der Waals surface area (Å²) in [6.07, 6.45) is 7.55. The van der Waals surface area contributed by atoms with Crippen molar-refractivity contribution in [2.75, 3.05) is 17.7 Å². The Morgan fingerprint density at radius 3 is 2.53 bits per heavy atom. The van der Waals surface area contributed by atoms with Gasteiger partial charge in [-0.05, 0) is 50.6 Å². The fraction of sp³-hybridized carbons (Fsp3) is 0.625. The van der Waals surface area contributed by atoms with E-state index in [0.717, 1.165) is 24.7 Å². The summed E-state index contributed by atoms with van der Waals surface area (Å²) in [4.78, 5) is 4.15. The summed E-state index contributed by atoms with van der Waals surface area (Å²) < 4.78 is 0. The first kappa shape index (κ1) is 13.3. The lowest BCUT2D eigenvalue weighted by Crippen LogP contribution is -2.49. The Morgan fingerprint density at radius 1 is 1.21 bits per heavy atom. The van der Waals surface area contributed by atoms with E-state index in [2.05, 4.69) is 47.7 Å². The molecule has 0 aromatic heterocycles. The number of nitrogens with zero attached hydrogens (tertiary/aromatic N) is 1. The first-order valence-corrected chi connectivity index (χ1v) is 8.70. The van der Waals surface area contributed by atoms with Crippen LogP contribution in [0.3, 0.4) is 0 Å². The zero-order chi connectivity index (χ0) is 13.2. The van der Waals surface area contributed by atoms with E-state index in [-0.39, 0.29) is 0 Å². The summed E-state index contributed by atoms with van der Waals surface area (Å²) in [5.74, 6) is 0. The molecule has 2 unspecified atom stereocenters. The average molecular weight is 276 g/mol. The van der Waals surface area contributed by atoms with Gasteiger partial charge in [-0.3, -0.25) is 0 Å². The molecule has 2 atom stereocenters. The van der Waals surface area contributed by atoms with Crippen LogP contribution in [0.5, 0.6) is 0 Å². The van der Waals surface area contributed by atoms with Gasteiger partial charge >= 0.3 is 0 Å². The molecule has 3 rings (SSSR count). The number of anilines is 1. The molecular weight excluding hydrogens is 252 g/mol. The predicted molar refractivity (Wildman–Crippen MR) is 84.2 cm³/mol. The number of para-hydroxylation sites is 1. The van der Waals surface area contributed by atoms with Crippen LogP contribution >= 0.6 is 11.8 Å². The van der Waals surface area contributed by atoms with Crippen molar-refractivity contribution in [3.05, 3.63) is 24.3 Å². The van der Waals surface area contributed by atoms with Crippen LogP contribution in [-0.4, -0.2) is 30.9 Å². The number of nitrogens with one attached hydrogen (secondary N) is 1. The Hall–Kier alpha value is -0.670. The SMILES string of the molecule is CCNC1CC2CCC(C1)N2c1ccccc1SC. The third kappa shape index (κ3) is 2.50. The minimum absolute atomic E-state index is 0.736. The van der Waals surface area contributed by atoms with Crippen molar-refractivity contribution in [1.29, 1.82) is 0 Å². The molecule has 0 saturated carbocycles. The van der Waals surface area contributed by atoms with E-state index in [4.69, 9.17) is 0 Å². The molecular formula is C16H24N2S. The van der Waals surface area contributed by atoms with E-state index in [9.17, 15) is 0 Å². The Balaban J connectivity index is 1.83. The summed E-state index contributed by atoms with van der Waals surface area (Å²) in [5.41, 5.74) is 1.47. The second-order valence-corrected chi connectivity index (χ2v) is 6.54. The standard InChI is InChI=1S/C16H24N2S/c1-3-17-12-10-13-8-9-14(11-12)18(13)15-6-4-5-7-16(15)19-2/h4-7,12-14,17H,3,8-11H2,1-2H3. The smallest absolute Gasteiger partial charge is 0.0509 e. The molecule has 2 aliphatic rings. The van der Waals surface area contributed by atoms with E-state index in [1.165, 1.54) is 36.3 Å². The maximum absolute atomic E-state index is 3.65. The van der Waals surface area contributed by atoms with Crippen LogP contribution in [0.1, 0.15) is 32.6 Å². The lowest BCUT2D eigenvalue weighted by Gasteiger charge is -2.41. The van der Waals surface area contributed by atoms with Gasteiger partial charge in [0, 0.05) is 23.0 Å². The van der Waals surface area contributed by atoms with Crippen LogP contribution in [0.4, 0.5) is 5.69 Å². The third-order valence-electron chi connectivity index (χ3n) is 4.59. The molecule has 0 aliphatic carbocycles. The number of hydrogen-bond donors (Lipinski definition) is 1. The number of fused-ring (bicyclic) bond motifs is 2. The first-order chi connectivity index (χ1) is 9.33. The highest BCUT2D eigenvalue weighted by Crippen LogP contribution is 2.42. The van der Waals surface area contributed by atoms with Crippen molar-refractivity contribution in [2.45, 2.75) is 55.6 Å². The van der Waals surface area contributed by atoms with Gasteiger partial charge in [-0.25, -0.2) is 0 Å². The molecule has 1 aromatic carbocycles. The van der Waals surface area contributed by atoms with Gasteiger partial charge in [0.15, 0.2) is 0 Å². The largest absolute Gasteiger partial charge is 0.365 e. The molecule has 0 spiro atoms. The molecule has 104 valence electrons.